The lowest BCUT2D eigenvalue weighted by Gasteiger charge is -1.98. The first-order valence-corrected chi connectivity index (χ1v) is 6.26. The van der Waals surface area contributed by atoms with Crippen molar-refractivity contribution in [3.8, 4) is 0 Å². The molecule has 0 aliphatic carbocycles. The van der Waals surface area contributed by atoms with Gasteiger partial charge >= 0.3 is 0 Å². The minimum absolute atomic E-state index is 0.0988. The van der Waals surface area contributed by atoms with Crippen molar-refractivity contribution in [1.82, 2.24) is 15.2 Å². The fourth-order valence-electron chi connectivity index (χ4n) is 1.65. The van der Waals surface area contributed by atoms with Gasteiger partial charge in [-0.3, -0.25) is 9.89 Å². The van der Waals surface area contributed by atoms with E-state index in [2.05, 4.69) is 20.5 Å². The van der Waals surface area contributed by atoms with Gasteiger partial charge in [-0.15, -0.1) is 0 Å². The smallest absolute Gasteiger partial charge is 0.232 e. The van der Waals surface area contributed by atoms with Gasteiger partial charge in [-0.05, 0) is 18.2 Å². The van der Waals surface area contributed by atoms with Crippen molar-refractivity contribution in [2.24, 2.45) is 0 Å². The summed E-state index contributed by atoms with van der Waals surface area (Å²) in [7, 11) is 0. The molecule has 6 heteroatoms. The van der Waals surface area contributed by atoms with Crippen LogP contribution in [0.3, 0.4) is 0 Å². The van der Waals surface area contributed by atoms with Crippen LogP contribution in [0.5, 0.6) is 0 Å². The van der Waals surface area contributed by atoms with Gasteiger partial charge in [0, 0.05) is 11.9 Å². The molecule has 1 amide bonds. The highest BCUT2D eigenvalue weighted by atomic mass is 32.1. The van der Waals surface area contributed by atoms with E-state index in [9.17, 15) is 4.79 Å². The number of anilines is 1. The summed E-state index contributed by atoms with van der Waals surface area (Å²) in [5.74, 6) is -0.0988. The Hall–Kier alpha value is -2.21. The number of nitrogens with zero attached hydrogens (tertiary/aromatic N) is 2. The molecule has 2 heterocycles. The Balaban J connectivity index is 1.74. The summed E-state index contributed by atoms with van der Waals surface area (Å²) in [5, 5.41) is 9.97. The highest BCUT2D eigenvalue weighted by Crippen LogP contribution is 2.25. The van der Waals surface area contributed by atoms with Crippen LogP contribution in [0, 0.1) is 0 Å². The summed E-state index contributed by atoms with van der Waals surface area (Å²) in [5.41, 5.74) is 1.69. The molecule has 0 aliphatic heterocycles. The van der Waals surface area contributed by atoms with Crippen molar-refractivity contribution in [3.05, 3.63) is 42.2 Å². The van der Waals surface area contributed by atoms with Crippen LogP contribution in [0.2, 0.25) is 0 Å². The van der Waals surface area contributed by atoms with Crippen LogP contribution in [0.1, 0.15) is 5.69 Å². The van der Waals surface area contributed by atoms with Gasteiger partial charge < -0.3 is 5.32 Å². The number of H-pyrrole nitrogens is 1. The molecule has 3 rings (SSSR count). The van der Waals surface area contributed by atoms with E-state index in [1.165, 1.54) is 11.3 Å². The number of nitrogens with one attached hydrogen (secondary N) is 2. The number of aromatic amines is 1. The molecule has 0 bridgehead atoms. The van der Waals surface area contributed by atoms with Crippen molar-refractivity contribution < 1.29 is 4.79 Å². The molecule has 0 radical (unpaired) electrons. The fraction of sp³-hybridized carbons (Fsp3) is 0.0833. The third-order valence-electron chi connectivity index (χ3n) is 2.45. The minimum Gasteiger partial charge on any atom is -0.302 e. The van der Waals surface area contributed by atoms with E-state index < -0.39 is 0 Å². The number of carbonyl (C=O) groups is 1. The number of rotatable bonds is 3. The summed E-state index contributed by atoms with van der Waals surface area (Å²) >= 11 is 1.47. The lowest BCUT2D eigenvalue weighted by Crippen LogP contribution is -2.14. The third-order valence-corrected chi connectivity index (χ3v) is 3.40. The largest absolute Gasteiger partial charge is 0.302 e. The molecule has 0 aliphatic rings. The van der Waals surface area contributed by atoms with E-state index in [0.29, 0.717) is 5.13 Å². The Labute approximate surface area is 107 Å². The van der Waals surface area contributed by atoms with E-state index in [1.807, 2.05) is 24.3 Å². The molecule has 2 N–H and O–H groups in total. The van der Waals surface area contributed by atoms with E-state index >= 15 is 0 Å². The average molecular weight is 258 g/mol. The van der Waals surface area contributed by atoms with Crippen LogP contribution < -0.4 is 5.32 Å². The molecule has 0 fully saturated rings. The molecular formula is C12H10N4OS. The Kier molecular flexibility index (Phi) is 2.77. The molecule has 90 valence electrons. The molecule has 2 aromatic heterocycles. The van der Waals surface area contributed by atoms with E-state index in [-0.39, 0.29) is 12.3 Å². The van der Waals surface area contributed by atoms with Crippen molar-refractivity contribution in [2.45, 2.75) is 6.42 Å². The SMILES string of the molecule is O=C(Cc1ccn[nH]1)Nc1nc2ccccc2s1. The number of para-hydroxylation sites is 1. The molecule has 1 aromatic carbocycles. The zero-order chi connectivity index (χ0) is 12.4. The minimum atomic E-state index is -0.0988. The van der Waals surface area contributed by atoms with E-state index in [0.717, 1.165) is 15.9 Å². The van der Waals surface area contributed by atoms with Crippen LogP contribution in [0.4, 0.5) is 5.13 Å². The van der Waals surface area contributed by atoms with Gasteiger partial charge in [0.2, 0.25) is 5.91 Å². The number of aromatic nitrogens is 3. The van der Waals surface area contributed by atoms with Crippen LogP contribution in [-0.2, 0) is 11.2 Å². The van der Waals surface area contributed by atoms with Crippen LogP contribution in [0.25, 0.3) is 10.2 Å². The Morgan fingerprint density at radius 1 is 1.33 bits per heavy atom. The number of fused-ring (bicyclic) bond motifs is 1. The van der Waals surface area contributed by atoms with Gasteiger partial charge in [0.05, 0.1) is 16.6 Å². The van der Waals surface area contributed by atoms with Gasteiger partial charge in [-0.25, -0.2) is 4.98 Å². The highest BCUT2D eigenvalue weighted by Gasteiger charge is 2.08. The summed E-state index contributed by atoms with van der Waals surface area (Å²) in [6.45, 7) is 0. The molecule has 0 unspecified atom stereocenters. The Morgan fingerprint density at radius 3 is 3.00 bits per heavy atom. The second-order valence-corrected chi connectivity index (χ2v) is 4.82. The second-order valence-electron chi connectivity index (χ2n) is 3.79. The molecule has 0 atom stereocenters. The number of carbonyl (C=O) groups excluding carboxylic acids is 1. The van der Waals surface area contributed by atoms with Crippen molar-refractivity contribution in [1.29, 1.82) is 0 Å². The average Bonchev–Trinajstić information content (AvgIpc) is 2.96. The lowest BCUT2D eigenvalue weighted by molar-refractivity contribution is -0.115. The van der Waals surface area contributed by atoms with Gasteiger partial charge in [-0.1, -0.05) is 23.5 Å². The lowest BCUT2D eigenvalue weighted by atomic mass is 10.3. The zero-order valence-corrected chi connectivity index (χ0v) is 10.2. The van der Waals surface area contributed by atoms with Gasteiger partial charge in [0.1, 0.15) is 0 Å². The molecular weight excluding hydrogens is 248 g/mol. The van der Waals surface area contributed by atoms with E-state index in [1.54, 1.807) is 12.3 Å². The molecule has 0 saturated heterocycles. The first-order chi connectivity index (χ1) is 8.81. The molecule has 5 nitrogen and oxygen atoms in total. The summed E-state index contributed by atoms with van der Waals surface area (Å²) in [6, 6.07) is 9.57. The zero-order valence-electron chi connectivity index (χ0n) is 9.38. The maximum absolute atomic E-state index is 11.8. The number of benzene rings is 1. The van der Waals surface area contributed by atoms with Gasteiger partial charge in [0.15, 0.2) is 5.13 Å². The summed E-state index contributed by atoms with van der Waals surface area (Å²) in [6.07, 6.45) is 1.90. The molecule has 0 spiro atoms. The normalized spacial score (nSPS) is 10.7. The highest BCUT2D eigenvalue weighted by molar-refractivity contribution is 7.22. The number of thiazole rings is 1. The van der Waals surface area contributed by atoms with Crippen LogP contribution in [0.15, 0.2) is 36.5 Å². The van der Waals surface area contributed by atoms with Gasteiger partial charge in [0.25, 0.3) is 0 Å². The van der Waals surface area contributed by atoms with Crippen LogP contribution >= 0.6 is 11.3 Å². The van der Waals surface area contributed by atoms with Crippen molar-refractivity contribution >= 4 is 32.6 Å². The maximum atomic E-state index is 11.8. The fourth-order valence-corrected chi connectivity index (χ4v) is 2.53. The third kappa shape index (κ3) is 2.23. The Morgan fingerprint density at radius 2 is 2.22 bits per heavy atom. The molecule has 3 aromatic rings. The second kappa shape index (κ2) is 4.58. The first-order valence-electron chi connectivity index (χ1n) is 5.45. The summed E-state index contributed by atoms with van der Waals surface area (Å²) < 4.78 is 1.06. The number of hydrogen-bond acceptors (Lipinski definition) is 4. The predicted octanol–water partition coefficient (Wildman–Crippen LogP) is 2.20. The number of hydrogen-bond donors (Lipinski definition) is 2. The van der Waals surface area contributed by atoms with Crippen molar-refractivity contribution in [3.63, 3.8) is 0 Å². The first kappa shape index (κ1) is 10.9. The molecule has 18 heavy (non-hydrogen) atoms. The quantitative estimate of drug-likeness (QED) is 0.756. The monoisotopic (exact) mass is 258 g/mol. The van der Waals surface area contributed by atoms with Crippen molar-refractivity contribution in [2.75, 3.05) is 5.32 Å². The summed E-state index contributed by atoms with van der Waals surface area (Å²) in [4.78, 5) is 16.1. The topological polar surface area (TPSA) is 70.7 Å². The number of amides is 1. The van der Waals surface area contributed by atoms with Crippen LogP contribution in [-0.4, -0.2) is 21.1 Å². The Bertz CT molecular complexity index is 641. The molecule has 0 saturated carbocycles. The maximum Gasteiger partial charge on any atom is 0.232 e. The predicted molar refractivity (Wildman–Crippen MR) is 70.5 cm³/mol. The van der Waals surface area contributed by atoms with E-state index in [4.69, 9.17) is 0 Å². The standard InChI is InChI=1S/C12H10N4OS/c17-11(7-8-5-6-13-16-8)15-12-14-9-3-1-2-4-10(9)18-12/h1-6H,7H2,(H,13,16)(H,14,15,17). The van der Waals surface area contributed by atoms with Gasteiger partial charge in [-0.2, -0.15) is 5.10 Å².